The van der Waals surface area contributed by atoms with Gasteiger partial charge in [0.15, 0.2) is 0 Å². The number of hydrogen-bond acceptors (Lipinski definition) is 5. The van der Waals surface area contributed by atoms with E-state index in [-0.39, 0.29) is 6.04 Å². The van der Waals surface area contributed by atoms with Gasteiger partial charge in [-0.3, -0.25) is 9.38 Å². The van der Waals surface area contributed by atoms with Crippen molar-refractivity contribution in [3.63, 3.8) is 0 Å². The van der Waals surface area contributed by atoms with Gasteiger partial charge >= 0.3 is 0 Å². The zero-order valence-corrected chi connectivity index (χ0v) is 18.3. The van der Waals surface area contributed by atoms with E-state index in [9.17, 15) is 0 Å². The van der Waals surface area contributed by atoms with Crippen molar-refractivity contribution in [3.05, 3.63) is 59.2 Å². The molecule has 1 N–H and O–H groups in total. The standard InChI is InChI=1S/C24H32N6/c1-17-7-6-12-25-23(17)19-8-4-9-20(26-19)24-18(2)30-21(27-24)10-5-11-22(30)29-15-13-28(3)14-16-29/h5-7,10-12,19-20,26H,4,8-9,13-16H2,1-3H3/t19?,20-/m0/s1. The van der Waals surface area contributed by atoms with Gasteiger partial charge < -0.3 is 15.1 Å². The molecule has 5 heterocycles. The topological polar surface area (TPSA) is 48.7 Å². The van der Waals surface area contributed by atoms with Crippen molar-refractivity contribution in [2.24, 2.45) is 0 Å². The van der Waals surface area contributed by atoms with E-state index >= 15 is 0 Å². The third kappa shape index (κ3) is 3.48. The van der Waals surface area contributed by atoms with Crippen molar-refractivity contribution in [1.29, 1.82) is 0 Å². The average Bonchev–Trinajstić information content (AvgIpc) is 3.12. The maximum atomic E-state index is 5.10. The van der Waals surface area contributed by atoms with Crippen LogP contribution in [-0.2, 0) is 0 Å². The Bertz CT molecular complexity index is 1030. The van der Waals surface area contributed by atoms with Crippen LogP contribution in [-0.4, -0.2) is 52.5 Å². The minimum atomic E-state index is 0.269. The fourth-order valence-corrected chi connectivity index (χ4v) is 5.08. The third-order valence-corrected chi connectivity index (χ3v) is 6.82. The lowest BCUT2D eigenvalue weighted by Gasteiger charge is -2.34. The summed E-state index contributed by atoms with van der Waals surface area (Å²) in [6, 6.07) is 11.3. The van der Waals surface area contributed by atoms with Crippen molar-refractivity contribution < 1.29 is 0 Å². The summed E-state index contributed by atoms with van der Waals surface area (Å²) in [5.74, 6) is 1.27. The quantitative estimate of drug-likeness (QED) is 0.722. The summed E-state index contributed by atoms with van der Waals surface area (Å²) in [7, 11) is 2.20. The van der Waals surface area contributed by atoms with Gasteiger partial charge in [0.25, 0.3) is 0 Å². The Morgan fingerprint density at radius 3 is 2.47 bits per heavy atom. The number of aromatic nitrogens is 3. The molecule has 0 radical (unpaired) electrons. The molecule has 30 heavy (non-hydrogen) atoms. The summed E-state index contributed by atoms with van der Waals surface area (Å²) < 4.78 is 2.36. The van der Waals surface area contributed by atoms with E-state index in [1.807, 2.05) is 12.3 Å². The lowest BCUT2D eigenvalue weighted by atomic mass is 9.92. The molecule has 0 spiro atoms. The van der Waals surface area contributed by atoms with Crippen LogP contribution in [0.2, 0.25) is 0 Å². The van der Waals surface area contributed by atoms with Gasteiger partial charge in [-0.25, -0.2) is 4.98 Å². The molecule has 2 aliphatic heterocycles. The van der Waals surface area contributed by atoms with E-state index in [1.54, 1.807) is 0 Å². The van der Waals surface area contributed by atoms with Crippen molar-refractivity contribution in [2.75, 3.05) is 38.1 Å². The van der Waals surface area contributed by atoms with Gasteiger partial charge in [-0.15, -0.1) is 0 Å². The first-order valence-electron chi connectivity index (χ1n) is 11.2. The highest BCUT2D eigenvalue weighted by Gasteiger charge is 2.29. The molecule has 0 saturated carbocycles. The van der Waals surface area contributed by atoms with Crippen molar-refractivity contribution in [1.82, 2.24) is 24.6 Å². The molecule has 3 aromatic rings. The van der Waals surface area contributed by atoms with Gasteiger partial charge in [0.2, 0.25) is 0 Å². The van der Waals surface area contributed by atoms with Crippen LogP contribution in [0.1, 0.15) is 54.0 Å². The van der Waals surface area contributed by atoms with Crippen LogP contribution in [0.15, 0.2) is 36.5 Å². The summed E-state index contributed by atoms with van der Waals surface area (Å²) in [4.78, 5) is 14.7. The van der Waals surface area contributed by atoms with Crippen LogP contribution in [0, 0.1) is 13.8 Å². The third-order valence-electron chi connectivity index (χ3n) is 6.82. The number of pyridine rings is 2. The summed E-state index contributed by atoms with van der Waals surface area (Å²) in [6.45, 7) is 8.72. The number of nitrogens with one attached hydrogen (secondary N) is 1. The monoisotopic (exact) mass is 404 g/mol. The second kappa shape index (κ2) is 8.00. The highest BCUT2D eigenvalue weighted by Crippen LogP contribution is 2.35. The molecule has 158 valence electrons. The summed E-state index contributed by atoms with van der Waals surface area (Å²) in [6.07, 6.45) is 5.35. The number of aryl methyl sites for hydroxylation is 2. The average molecular weight is 405 g/mol. The molecule has 5 rings (SSSR count). The van der Waals surface area contributed by atoms with E-state index in [1.165, 1.54) is 34.9 Å². The second-order valence-corrected chi connectivity index (χ2v) is 8.86. The molecule has 0 bridgehead atoms. The molecule has 0 aromatic carbocycles. The van der Waals surface area contributed by atoms with Crippen LogP contribution >= 0.6 is 0 Å². The number of nitrogens with zero attached hydrogens (tertiary/aromatic N) is 5. The first-order chi connectivity index (χ1) is 14.6. The van der Waals surface area contributed by atoms with Crippen LogP contribution in [0.3, 0.4) is 0 Å². The number of anilines is 1. The first kappa shape index (κ1) is 19.5. The summed E-state index contributed by atoms with van der Waals surface area (Å²) in [5, 5.41) is 3.87. The lowest BCUT2D eigenvalue weighted by Crippen LogP contribution is -2.45. The minimum Gasteiger partial charge on any atom is -0.355 e. The number of rotatable bonds is 3. The molecule has 2 aliphatic rings. The maximum absolute atomic E-state index is 5.10. The Labute approximate surface area is 178 Å². The van der Waals surface area contributed by atoms with E-state index in [4.69, 9.17) is 4.98 Å². The predicted octanol–water partition coefficient (Wildman–Crippen LogP) is 3.65. The zero-order chi connectivity index (χ0) is 20.7. The smallest absolute Gasteiger partial charge is 0.138 e. The molecule has 3 aromatic heterocycles. The number of piperidine rings is 1. The molecule has 2 saturated heterocycles. The first-order valence-corrected chi connectivity index (χ1v) is 11.2. The van der Waals surface area contributed by atoms with Gasteiger partial charge in [-0.2, -0.15) is 0 Å². The highest BCUT2D eigenvalue weighted by molar-refractivity contribution is 5.55. The van der Waals surface area contributed by atoms with Crippen LogP contribution < -0.4 is 10.2 Å². The van der Waals surface area contributed by atoms with E-state index in [0.29, 0.717) is 6.04 Å². The van der Waals surface area contributed by atoms with E-state index in [2.05, 4.69) is 69.7 Å². The van der Waals surface area contributed by atoms with Gasteiger partial charge in [-0.05, 0) is 63.9 Å². The van der Waals surface area contributed by atoms with Crippen LogP contribution in [0.25, 0.3) is 5.65 Å². The number of fused-ring (bicyclic) bond motifs is 1. The molecule has 2 atom stereocenters. The number of likely N-dealkylation sites (N-methyl/N-ethyl adjacent to an activating group) is 1. The Balaban J connectivity index is 1.47. The Hall–Kier alpha value is -2.44. The lowest BCUT2D eigenvalue weighted by molar-refractivity contribution is 0.311. The molecule has 0 aliphatic carbocycles. The molecular formula is C24H32N6. The second-order valence-electron chi connectivity index (χ2n) is 8.86. The van der Waals surface area contributed by atoms with E-state index < -0.39 is 0 Å². The Kier molecular flexibility index (Phi) is 5.21. The van der Waals surface area contributed by atoms with Crippen molar-refractivity contribution in [2.45, 2.75) is 45.2 Å². The number of hydrogen-bond donors (Lipinski definition) is 1. The molecule has 2 fully saturated rings. The number of imidazole rings is 1. The Morgan fingerprint density at radius 1 is 0.933 bits per heavy atom. The zero-order valence-electron chi connectivity index (χ0n) is 18.3. The molecule has 6 nitrogen and oxygen atoms in total. The predicted molar refractivity (Wildman–Crippen MR) is 121 cm³/mol. The van der Waals surface area contributed by atoms with Crippen molar-refractivity contribution >= 4 is 11.5 Å². The fourth-order valence-electron chi connectivity index (χ4n) is 5.08. The summed E-state index contributed by atoms with van der Waals surface area (Å²) >= 11 is 0. The minimum absolute atomic E-state index is 0.269. The molecular weight excluding hydrogens is 372 g/mol. The molecule has 6 heteroatoms. The normalized spacial score (nSPS) is 23.2. The molecule has 0 amide bonds. The number of piperazine rings is 1. The SMILES string of the molecule is Cc1cccnc1C1CCC[C@@H](c2nc3cccc(N4CCN(C)CC4)n3c2C)N1. The Morgan fingerprint density at radius 2 is 1.70 bits per heavy atom. The van der Waals surface area contributed by atoms with Crippen LogP contribution in [0.4, 0.5) is 5.82 Å². The van der Waals surface area contributed by atoms with E-state index in [0.717, 1.165) is 44.7 Å². The van der Waals surface area contributed by atoms with Gasteiger partial charge in [-0.1, -0.05) is 12.1 Å². The van der Waals surface area contributed by atoms with Gasteiger partial charge in [0, 0.05) is 38.1 Å². The van der Waals surface area contributed by atoms with Gasteiger partial charge in [0.05, 0.1) is 23.5 Å². The van der Waals surface area contributed by atoms with Crippen molar-refractivity contribution in [3.8, 4) is 0 Å². The largest absolute Gasteiger partial charge is 0.355 e. The fraction of sp³-hybridized carbons (Fsp3) is 0.500. The van der Waals surface area contributed by atoms with Crippen LogP contribution in [0.5, 0.6) is 0 Å². The molecule has 1 unspecified atom stereocenters. The maximum Gasteiger partial charge on any atom is 0.138 e. The summed E-state index contributed by atoms with van der Waals surface area (Å²) in [5.41, 5.74) is 5.95. The van der Waals surface area contributed by atoms with Gasteiger partial charge in [0.1, 0.15) is 11.5 Å². The highest BCUT2D eigenvalue weighted by atomic mass is 15.3.